The Labute approximate surface area is 492 Å². The van der Waals surface area contributed by atoms with Crippen LogP contribution in [0.15, 0.2) is 70.8 Å². The number of guanidine groups is 2. The highest BCUT2D eigenvalue weighted by atomic mass is 32.2. The van der Waals surface area contributed by atoms with E-state index in [1.807, 2.05) is 24.3 Å². The molecule has 462 valence electrons. The third-order valence-corrected chi connectivity index (χ3v) is 13.9. The largest absolute Gasteiger partial charge is 0.370 e. The second kappa shape index (κ2) is 37.6. The van der Waals surface area contributed by atoms with Crippen LogP contribution in [0.2, 0.25) is 0 Å². The number of thioether (sulfide) groups is 1. The van der Waals surface area contributed by atoms with Gasteiger partial charge in [-0.1, -0.05) is 48.5 Å². The lowest BCUT2D eigenvalue weighted by molar-refractivity contribution is -0.136. The number of unbranched alkanes of at least 4 members (excludes halogenated alkanes) is 1. The Morgan fingerprint density at radius 1 is 0.500 bits per heavy atom. The number of carbonyl (C=O) groups excluding carboxylic acids is 10. The van der Waals surface area contributed by atoms with Crippen LogP contribution in [0, 0.1) is 0 Å². The second-order valence-corrected chi connectivity index (χ2v) is 20.8. The van der Waals surface area contributed by atoms with Crippen molar-refractivity contribution in [3.63, 3.8) is 0 Å². The molecule has 0 aliphatic carbocycles. The Morgan fingerprint density at radius 2 is 0.952 bits per heavy atom. The number of aromatic amines is 1. The van der Waals surface area contributed by atoms with Crippen molar-refractivity contribution >= 4 is 93.7 Å². The molecule has 0 spiro atoms. The highest BCUT2D eigenvalue weighted by Gasteiger charge is 2.35. The van der Waals surface area contributed by atoms with E-state index < -0.39 is 127 Å². The Kier molecular flexibility index (Phi) is 31.2. The van der Waals surface area contributed by atoms with E-state index in [0.717, 1.165) is 16.5 Å². The topological polar surface area (TPSA) is 502 Å². The van der Waals surface area contributed by atoms with E-state index in [1.165, 1.54) is 18.8 Å². The van der Waals surface area contributed by atoms with Gasteiger partial charge in [-0.05, 0) is 107 Å². The van der Waals surface area contributed by atoms with E-state index in [-0.39, 0.29) is 76.4 Å². The zero-order valence-electron chi connectivity index (χ0n) is 47.8. The number of nitrogens with two attached hydrogens (primary N) is 7. The summed E-state index contributed by atoms with van der Waals surface area (Å²) in [6, 6.07) is 5.64. The molecule has 0 fully saturated rings. The molecule has 1 heterocycles. The Morgan fingerprint density at radius 3 is 1.45 bits per heavy atom. The van der Waals surface area contributed by atoms with E-state index in [0.29, 0.717) is 30.7 Å². The van der Waals surface area contributed by atoms with Crippen LogP contribution in [0.25, 0.3) is 10.9 Å². The van der Waals surface area contributed by atoms with Crippen LogP contribution >= 0.6 is 11.8 Å². The van der Waals surface area contributed by atoms with Crippen LogP contribution in [0.4, 0.5) is 0 Å². The summed E-state index contributed by atoms with van der Waals surface area (Å²) in [5.41, 5.74) is 41.2. The maximum absolute atomic E-state index is 14.4. The zero-order chi connectivity index (χ0) is 62.1. The molecule has 10 amide bonds. The monoisotopic (exact) mass is 1190 g/mol. The van der Waals surface area contributed by atoms with Gasteiger partial charge in [0.15, 0.2) is 11.9 Å². The average molecular weight is 1190 g/mol. The van der Waals surface area contributed by atoms with Gasteiger partial charge in [-0.25, -0.2) is 0 Å². The third-order valence-electron chi connectivity index (χ3n) is 13.3. The van der Waals surface area contributed by atoms with Crippen LogP contribution < -0.4 is 88.0 Å². The standard InChI is InChI=1S/C54H85N19O10S/c1-62-40(28-32-30-66-34-16-8-7-15-33(32)34)50(81)72-41(27-31-13-5-4-6-14-31)51(82)70-38(20-21-43(56)74)48(79)73-42(29-44(57)75)52(83)69-37(19-12-25-65-54(60)61)46(77)68-36(18-11-24-64-53(58)59)47(78)71-39(22-26-84-3)49(80)67-35(45(76)63-2)17-9-10-23-55/h4-8,13-16,30,35-42,62,66H,9-12,17-29,55H2,1-3H3,(H2,56,74)(H2,57,75)(H,63,76)(H,67,80)(H,68,77)(H,69,83)(H,70,82)(H,71,78)(H,72,81)(H,73,79)(H4,58,59,64)(H4,60,61,65). The molecule has 0 saturated heterocycles. The van der Waals surface area contributed by atoms with E-state index in [2.05, 4.69) is 62.8 Å². The van der Waals surface area contributed by atoms with Crippen LogP contribution in [-0.4, -0.2) is 170 Å². The molecule has 0 bridgehead atoms. The summed E-state index contributed by atoms with van der Waals surface area (Å²) in [5, 5.41) is 24.8. The minimum Gasteiger partial charge on any atom is -0.370 e. The van der Waals surface area contributed by atoms with Gasteiger partial charge in [-0.15, -0.1) is 0 Å². The number of H-pyrrole nitrogens is 1. The molecule has 84 heavy (non-hydrogen) atoms. The molecule has 8 unspecified atom stereocenters. The first kappa shape index (κ1) is 69.8. The number of rotatable bonds is 40. The van der Waals surface area contributed by atoms with Crippen molar-refractivity contribution in [2.45, 2.75) is 132 Å². The summed E-state index contributed by atoms with van der Waals surface area (Å²) in [5.74, 6) is -8.51. The summed E-state index contributed by atoms with van der Waals surface area (Å²) >= 11 is 1.40. The number of hydrogen-bond donors (Lipinski definition) is 17. The maximum atomic E-state index is 14.4. The SMILES string of the molecule is CNC(=O)C(CCCCN)NC(=O)C(CCSC)NC(=O)C(CCCN=C(N)N)NC(=O)C(CCCN=C(N)N)NC(=O)C(CC(N)=O)NC(=O)C(CCC(N)=O)NC(=O)C(Cc1ccccc1)NC(=O)C(Cc1c[nH]c2ccccc12)NC. The molecule has 0 aliphatic heterocycles. The number of carbonyl (C=O) groups is 10. The number of benzene rings is 2. The van der Waals surface area contributed by atoms with Crippen molar-refractivity contribution in [1.82, 2.24) is 52.8 Å². The van der Waals surface area contributed by atoms with E-state index in [4.69, 9.17) is 40.1 Å². The fourth-order valence-electron chi connectivity index (χ4n) is 8.76. The lowest BCUT2D eigenvalue weighted by Crippen LogP contribution is -2.60. The van der Waals surface area contributed by atoms with Crippen molar-refractivity contribution in [1.29, 1.82) is 0 Å². The minimum absolute atomic E-state index is 0.0225. The van der Waals surface area contributed by atoms with E-state index in [9.17, 15) is 47.9 Å². The first-order valence-electron chi connectivity index (χ1n) is 27.6. The van der Waals surface area contributed by atoms with Crippen molar-refractivity contribution in [3.05, 3.63) is 71.9 Å². The van der Waals surface area contributed by atoms with Crippen LogP contribution in [0.1, 0.15) is 81.8 Å². The van der Waals surface area contributed by atoms with Gasteiger partial charge in [-0.2, -0.15) is 11.8 Å². The van der Waals surface area contributed by atoms with Gasteiger partial charge in [-0.3, -0.25) is 57.9 Å². The summed E-state index contributed by atoms with van der Waals surface area (Å²) in [6.45, 7) is 0.361. The van der Waals surface area contributed by atoms with Gasteiger partial charge in [0.25, 0.3) is 0 Å². The predicted molar refractivity (Wildman–Crippen MR) is 321 cm³/mol. The maximum Gasteiger partial charge on any atom is 0.243 e. The predicted octanol–water partition coefficient (Wildman–Crippen LogP) is -4.19. The number of nitrogens with zero attached hydrogens (tertiary/aromatic N) is 2. The number of primary amides is 2. The van der Waals surface area contributed by atoms with Gasteiger partial charge in [0.05, 0.1) is 12.5 Å². The number of aromatic nitrogens is 1. The molecule has 8 atom stereocenters. The molecule has 1 aromatic heterocycles. The Hall–Kier alpha value is -8.51. The Bertz CT molecular complexity index is 2720. The smallest absolute Gasteiger partial charge is 0.243 e. The molecule has 30 heteroatoms. The normalized spacial score (nSPS) is 13.8. The van der Waals surface area contributed by atoms with Crippen LogP contribution in [-0.2, 0) is 60.8 Å². The lowest BCUT2D eigenvalue weighted by atomic mass is 10.0. The molecular formula is C54H85N19O10S. The zero-order valence-corrected chi connectivity index (χ0v) is 48.7. The van der Waals surface area contributed by atoms with Crippen molar-refractivity contribution in [2.75, 3.05) is 45.7 Å². The first-order valence-corrected chi connectivity index (χ1v) is 29.0. The highest BCUT2D eigenvalue weighted by molar-refractivity contribution is 7.98. The molecule has 3 aromatic rings. The van der Waals surface area contributed by atoms with E-state index in [1.54, 1.807) is 49.8 Å². The lowest BCUT2D eigenvalue weighted by Gasteiger charge is -2.28. The number of hydrogen-bond acceptors (Lipinski definition) is 15. The van der Waals surface area contributed by atoms with Gasteiger partial charge in [0.2, 0.25) is 59.1 Å². The number of aliphatic imine (C=N–C) groups is 2. The minimum atomic E-state index is -1.82. The van der Waals surface area contributed by atoms with Crippen LogP contribution in [0.3, 0.4) is 0 Å². The van der Waals surface area contributed by atoms with Crippen molar-refractivity contribution in [2.24, 2.45) is 50.1 Å². The van der Waals surface area contributed by atoms with Crippen molar-refractivity contribution < 1.29 is 47.9 Å². The molecule has 3 rings (SSSR count). The van der Waals surface area contributed by atoms with Gasteiger partial charge >= 0.3 is 0 Å². The Balaban J connectivity index is 1.96. The van der Waals surface area contributed by atoms with Crippen molar-refractivity contribution in [3.8, 4) is 0 Å². The second-order valence-electron chi connectivity index (χ2n) is 19.8. The molecule has 0 saturated carbocycles. The molecular weight excluding hydrogens is 1110 g/mol. The van der Waals surface area contributed by atoms with Gasteiger partial charge in [0.1, 0.15) is 42.3 Å². The molecule has 29 nitrogen and oxygen atoms in total. The number of likely N-dealkylation sites (N-methyl/N-ethyl adjacent to an activating group) is 2. The number of nitrogens with one attached hydrogen (secondary N) is 10. The fraction of sp³-hybridized carbons (Fsp3) is 0.519. The first-order chi connectivity index (χ1) is 40.1. The summed E-state index contributed by atoms with van der Waals surface area (Å²) in [4.78, 5) is 148. The average Bonchev–Trinajstić information content (AvgIpc) is 3.92. The number of para-hydroxylation sites is 1. The van der Waals surface area contributed by atoms with E-state index >= 15 is 0 Å². The molecule has 0 radical (unpaired) electrons. The molecule has 2 aromatic carbocycles. The fourth-order valence-corrected chi connectivity index (χ4v) is 9.23. The summed E-state index contributed by atoms with van der Waals surface area (Å²) in [6.07, 6.45) is 3.48. The van der Waals surface area contributed by atoms with Crippen LogP contribution in [0.5, 0.6) is 0 Å². The molecule has 24 N–H and O–H groups in total. The van der Waals surface area contributed by atoms with Gasteiger partial charge < -0.3 is 93.0 Å². The third kappa shape index (κ3) is 25.3. The highest BCUT2D eigenvalue weighted by Crippen LogP contribution is 2.20. The quantitative estimate of drug-likeness (QED) is 0.0146. The number of fused-ring (bicyclic) bond motifs is 1. The summed E-state index contributed by atoms with van der Waals surface area (Å²) in [7, 11) is 3.02. The summed E-state index contributed by atoms with van der Waals surface area (Å²) < 4.78 is 0. The molecule has 0 aliphatic rings. The van der Waals surface area contributed by atoms with Gasteiger partial charge in [0, 0.05) is 50.1 Å². The number of amides is 10.